The number of esters is 1. The van der Waals surface area contributed by atoms with E-state index >= 15 is 0 Å². The molecule has 0 radical (unpaired) electrons. The standard InChI is InChI=1S/C14H22N2O4/c1-20-13(18)5-4-12(17)16-8-6-11(7-9-16)15-14(19)10-2-3-10/h10-11H,2-9H2,1H3,(H,15,19). The van der Waals surface area contributed by atoms with Crippen LogP contribution in [0.1, 0.15) is 38.5 Å². The first kappa shape index (κ1) is 14.8. The Balaban J connectivity index is 1.66. The lowest BCUT2D eigenvalue weighted by atomic mass is 10.0. The van der Waals surface area contributed by atoms with Crippen LogP contribution in [0.3, 0.4) is 0 Å². The lowest BCUT2D eigenvalue weighted by molar-refractivity contribution is -0.144. The molecule has 1 aliphatic carbocycles. The van der Waals surface area contributed by atoms with Gasteiger partial charge in [0, 0.05) is 31.5 Å². The molecule has 0 unspecified atom stereocenters. The monoisotopic (exact) mass is 282 g/mol. The Bertz CT molecular complexity index is 385. The fraction of sp³-hybridized carbons (Fsp3) is 0.786. The van der Waals surface area contributed by atoms with E-state index in [-0.39, 0.29) is 42.6 Å². The van der Waals surface area contributed by atoms with Crippen molar-refractivity contribution in [3.05, 3.63) is 0 Å². The second kappa shape index (κ2) is 6.72. The predicted molar refractivity (Wildman–Crippen MR) is 71.7 cm³/mol. The Kier molecular flexibility index (Phi) is 4.98. The van der Waals surface area contributed by atoms with Gasteiger partial charge < -0.3 is 15.0 Å². The SMILES string of the molecule is COC(=O)CCC(=O)N1CCC(NC(=O)C2CC2)CC1. The van der Waals surface area contributed by atoms with E-state index in [1.165, 1.54) is 7.11 Å². The van der Waals surface area contributed by atoms with Crippen molar-refractivity contribution < 1.29 is 19.1 Å². The van der Waals surface area contributed by atoms with E-state index in [1.807, 2.05) is 0 Å². The molecule has 1 saturated carbocycles. The van der Waals surface area contributed by atoms with E-state index in [0.717, 1.165) is 25.7 Å². The molecule has 2 rings (SSSR count). The highest BCUT2D eigenvalue weighted by Crippen LogP contribution is 2.29. The molecule has 1 heterocycles. The Morgan fingerprint density at radius 1 is 1.10 bits per heavy atom. The van der Waals surface area contributed by atoms with Gasteiger partial charge in [-0.3, -0.25) is 14.4 Å². The zero-order chi connectivity index (χ0) is 14.5. The number of carbonyl (C=O) groups excluding carboxylic acids is 3. The van der Waals surface area contributed by atoms with E-state index in [0.29, 0.717) is 13.1 Å². The molecule has 112 valence electrons. The Labute approximate surface area is 118 Å². The van der Waals surface area contributed by atoms with Crippen LogP contribution >= 0.6 is 0 Å². The van der Waals surface area contributed by atoms with Gasteiger partial charge >= 0.3 is 5.97 Å². The maximum atomic E-state index is 11.9. The summed E-state index contributed by atoms with van der Waals surface area (Å²) in [6.07, 6.45) is 3.94. The topological polar surface area (TPSA) is 75.7 Å². The van der Waals surface area contributed by atoms with Gasteiger partial charge in [0.05, 0.1) is 13.5 Å². The van der Waals surface area contributed by atoms with Gasteiger partial charge in [0.1, 0.15) is 0 Å². The zero-order valence-electron chi connectivity index (χ0n) is 11.9. The van der Waals surface area contributed by atoms with Crippen molar-refractivity contribution in [2.24, 2.45) is 5.92 Å². The first-order valence-electron chi connectivity index (χ1n) is 7.25. The summed E-state index contributed by atoms with van der Waals surface area (Å²) in [4.78, 5) is 36.3. The van der Waals surface area contributed by atoms with E-state index in [9.17, 15) is 14.4 Å². The number of carbonyl (C=O) groups is 3. The first-order chi connectivity index (χ1) is 9.60. The van der Waals surface area contributed by atoms with E-state index < -0.39 is 0 Å². The molecule has 2 fully saturated rings. The molecule has 20 heavy (non-hydrogen) atoms. The number of amides is 2. The molecule has 0 aromatic heterocycles. The molecular weight excluding hydrogens is 260 g/mol. The highest BCUT2D eigenvalue weighted by molar-refractivity contribution is 5.82. The van der Waals surface area contributed by atoms with Crippen LogP contribution in [-0.2, 0) is 19.1 Å². The third-order valence-electron chi connectivity index (χ3n) is 3.91. The summed E-state index contributed by atoms with van der Waals surface area (Å²) < 4.78 is 4.52. The Morgan fingerprint density at radius 2 is 1.75 bits per heavy atom. The molecule has 2 amide bonds. The van der Waals surface area contributed by atoms with Gasteiger partial charge in [-0.2, -0.15) is 0 Å². The lowest BCUT2D eigenvalue weighted by Gasteiger charge is -2.32. The van der Waals surface area contributed by atoms with Crippen molar-refractivity contribution in [3.8, 4) is 0 Å². The molecule has 1 aliphatic heterocycles. The van der Waals surface area contributed by atoms with Gasteiger partial charge in [-0.15, -0.1) is 0 Å². The van der Waals surface area contributed by atoms with Gasteiger partial charge in [-0.25, -0.2) is 0 Å². The van der Waals surface area contributed by atoms with Gasteiger partial charge in [0.2, 0.25) is 11.8 Å². The maximum absolute atomic E-state index is 11.9. The fourth-order valence-corrected chi connectivity index (χ4v) is 2.41. The van der Waals surface area contributed by atoms with Gasteiger partial charge in [-0.1, -0.05) is 0 Å². The zero-order valence-corrected chi connectivity index (χ0v) is 11.9. The van der Waals surface area contributed by atoms with E-state index in [2.05, 4.69) is 10.1 Å². The number of methoxy groups -OCH3 is 1. The largest absolute Gasteiger partial charge is 0.469 e. The summed E-state index contributed by atoms with van der Waals surface area (Å²) in [6, 6.07) is 0.188. The molecule has 1 saturated heterocycles. The molecule has 1 N–H and O–H groups in total. The number of nitrogens with zero attached hydrogens (tertiary/aromatic N) is 1. The highest BCUT2D eigenvalue weighted by Gasteiger charge is 2.32. The number of nitrogens with one attached hydrogen (secondary N) is 1. The molecular formula is C14H22N2O4. The van der Waals surface area contributed by atoms with Gasteiger partial charge in [0.15, 0.2) is 0 Å². The van der Waals surface area contributed by atoms with Crippen LogP contribution in [0.2, 0.25) is 0 Å². The number of rotatable bonds is 5. The van der Waals surface area contributed by atoms with Crippen LogP contribution < -0.4 is 5.32 Å². The third-order valence-corrected chi connectivity index (χ3v) is 3.91. The second-order valence-electron chi connectivity index (χ2n) is 5.51. The molecule has 0 spiro atoms. The minimum Gasteiger partial charge on any atom is -0.469 e. The Hall–Kier alpha value is -1.59. The summed E-state index contributed by atoms with van der Waals surface area (Å²) in [5.74, 6) is 0.0301. The third kappa shape index (κ3) is 4.21. The minimum atomic E-state index is -0.357. The lowest BCUT2D eigenvalue weighted by Crippen LogP contribution is -2.47. The van der Waals surface area contributed by atoms with E-state index in [4.69, 9.17) is 0 Å². The van der Waals surface area contributed by atoms with Crippen LogP contribution in [0.25, 0.3) is 0 Å². The average Bonchev–Trinajstić information content (AvgIpc) is 3.29. The summed E-state index contributed by atoms with van der Waals surface area (Å²) >= 11 is 0. The summed E-state index contributed by atoms with van der Waals surface area (Å²) in [7, 11) is 1.32. The van der Waals surface area contributed by atoms with Crippen molar-refractivity contribution in [2.45, 2.75) is 44.6 Å². The number of hydrogen-bond acceptors (Lipinski definition) is 4. The molecule has 0 bridgehead atoms. The fourth-order valence-electron chi connectivity index (χ4n) is 2.41. The summed E-state index contributed by atoms with van der Waals surface area (Å²) in [5, 5.41) is 3.05. The van der Waals surface area contributed by atoms with Crippen LogP contribution in [0.4, 0.5) is 0 Å². The minimum absolute atomic E-state index is 0.0117. The molecule has 6 heteroatoms. The van der Waals surface area contributed by atoms with Crippen LogP contribution in [0.5, 0.6) is 0 Å². The smallest absolute Gasteiger partial charge is 0.306 e. The van der Waals surface area contributed by atoms with Crippen molar-refractivity contribution in [3.63, 3.8) is 0 Å². The van der Waals surface area contributed by atoms with Crippen LogP contribution in [0, 0.1) is 5.92 Å². The van der Waals surface area contributed by atoms with Crippen molar-refractivity contribution >= 4 is 17.8 Å². The van der Waals surface area contributed by atoms with Crippen molar-refractivity contribution in [2.75, 3.05) is 20.2 Å². The second-order valence-corrected chi connectivity index (χ2v) is 5.51. The number of ether oxygens (including phenoxy) is 1. The maximum Gasteiger partial charge on any atom is 0.306 e. The molecule has 6 nitrogen and oxygen atoms in total. The number of piperidine rings is 1. The quantitative estimate of drug-likeness (QED) is 0.743. The van der Waals surface area contributed by atoms with Crippen LogP contribution in [0.15, 0.2) is 0 Å². The van der Waals surface area contributed by atoms with Gasteiger partial charge in [0.25, 0.3) is 0 Å². The Morgan fingerprint density at radius 3 is 2.30 bits per heavy atom. The molecule has 0 aromatic rings. The normalized spacial score (nSPS) is 19.6. The molecule has 0 aromatic carbocycles. The van der Waals surface area contributed by atoms with Crippen LogP contribution in [-0.4, -0.2) is 48.9 Å². The molecule has 2 aliphatic rings. The number of hydrogen-bond donors (Lipinski definition) is 1. The van der Waals surface area contributed by atoms with E-state index in [1.54, 1.807) is 4.90 Å². The number of likely N-dealkylation sites (tertiary alicyclic amines) is 1. The summed E-state index contributed by atoms with van der Waals surface area (Å²) in [6.45, 7) is 1.30. The van der Waals surface area contributed by atoms with Crippen molar-refractivity contribution in [1.29, 1.82) is 0 Å². The average molecular weight is 282 g/mol. The summed E-state index contributed by atoms with van der Waals surface area (Å²) in [5.41, 5.74) is 0. The first-order valence-corrected chi connectivity index (χ1v) is 7.25. The molecule has 0 atom stereocenters. The highest BCUT2D eigenvalue weighted by atomic mass is 16.5. The van der Waals surface area contributed by atoms with Crippen molar-refractivity contribution in [1.82, 2.24) is 10.2 Å². The van der Waals surface area contributed by atoms with Gasteiger partial charge in [-0.05, 0) is 25.7 Å². The predicted octanol–water partition coefficient (Wildman–Crippen LogP) is 0.457.